The third-order valence-electron chi connectivity index (χ3n) is 3.05. The first kappa shape index (κ1) is 17.0. The molecule has 2 atom stereocenters. The minimum Gasteiger partial charge on any atom is -0.388 e. The van der Waals surface area contributed by atoms with Gasteiger partial charge in [0.1, 0.15) is 5.82 Å². The minimum atomic E-state index is -3.64. The number of aliphatic hydroxyl groups is 1. The Hall–Kier alpha value is -1.35. The predicted molar refractivity (Wildman–Crippen MR) is 82.6 cm³/mol. The summed E-state index contributed by atoms with van der Waals surface area (Å²) in [5.74, 6) is -0.384. The van der Waals surface area contributed by atoms with Gasteiger partial charge in [0.05, 0.1) is 17.3 Å². The molecule has 0 fully saturated rings. The molecule has 120 valence electrons. The molecule has 0 saturated heterocycles. The third-order valence-corrected chi connectivity index (χ3v) is 6.02. The van der Waals surface area contributed by atoms with Crippen molar-refractivity contribution in [1.82, 2.24) is 9.71 Å². The van der Waals surface area contributed by atoms with Gasteiger partial charge in [-0.2, -0.15) is 0 Å². The molecule has 0 aliphatic carbocycles. The Bertz CT molecular complexity index is 729. The summed E-state index contributed by atoms with van der Waals surface area (Å²) in [6.45, 7) is 3.39. The van der Waals surface area contributed by atoms with Gasteiger partial charge in [0.15, 0.2) is 4.21 Å². The number of halogens is 1. The molecule has 0 amide bonds. The maximum atomic E-state index is 12.8. The average molecular weight is 344 g/mol. The Morgan fingerprint density at radius 2 is 2.00 bits per heavy atom. The van der Waals surface area contributed by atoms with E-state index in [4.69, 9.17) is 0 Å². The van der Waals surface area contributed by atoms with Crippen molar-refractivity contribution in [3.05, 3.63) is 46.9 Å². The maximum absolute atomic E-state index is 12.8. The number of aliphatic hydroxyl groups excluding tert-OH is 1. The number of benzene rings is 1. The fourth-order valence-electron chi connectivity index (χ4n) is 1.99. The van der Waals surface area contributed by atoms with Gasteiger partial charge >= 0.3 is 0 Å². The Morgan fingerprint density at radius 3 is 2.55 bits per heavy atom. The van der Waals surface area contributed by atoms with Crippen LogP contribution in [0.1, 0.15) is 30.0 Å². The van der Waals surface area contributed by atoms with Gasteiger partial charge in [0.25, 0.3) is 10.0 Å². The molecule has 1 aromatic carbocycles. The Balaban J connectivity index is 2.00. The van der Waals surface area contributed by atoms with E-state index >= 15 is 0 Å². The van der Waals surface area contributed by atoms with Gasteiger partial charge in [-0.05, 0) is 38.0 Å². The van der Waals surface area contributed by atoms with Crippen molar-refractivity contribution < 1.29 is 17.9 Å². The second kappa shape index (κ2) is 6.82. The standard InChI is InChI=1S/C14H17FN2O3S2/c1-9(7-13(18)11-3-5-12(15)6-4-11)17-22(19,20)14-8-16-10(2)21-14/h3-6,8-9,13,17-18H,7H2,1-2H3. The zero-order chi connectivity index (χ0) is 16.3. The molecule has 2 aromatic rings. The second-order valence-corrected chi connectivity index (χ2v) is 8.20. The van der Waals surface area contributed by atoms with Crippen molar-refractivity contribution in [3.8, 4) is 0 Å². The summed E-state index contributed by atoms with van der Waals surface area (Å²) >= 11 is 1.09. The smallest absolute Gasteiger partial charge is 0.251 e. The third kappa shape index (κ3) is 4.33. The van der Waals surface area contributed by atoms with Crippen LogP contribution >= 0.6 is 11.3 Å². The van der Waals surface area contributed by atoms with Crippen LogP contribution in [0.25, 0.3) is 0 Å². The van der Waals surface area contributed by atoms with Gasteiger partial charge in [0, 0.05) is 6.04 Å². The summed E-state index contributed by atoms with van der Waals surface area (Å²) in [7, 11) is -3.64. The van der Waals surface area contributed by atoms with Gasteiger partial charge in [0.2, 0.25) is 0 Å². The van der Waals surface area contributed by atoms with Crippen molar-refractivity contribution in [1.29, 1.82) is 0 Å². The molecule has 2 unspecified atom stereocenters. The highest BCUT2D eigenvalue weighted by molar-refractivity contribution is 7.91. The number of aryl methyl sites for hydroxylation is 1. The molecule has 0 aliphatic heterocycles. The van der Waals surface area contributed by atoms with Crippen LogP contribution in [0.3, 0.4) is 0 Å². The Kier molecular flexibility index (Phi) is 5.28. The van der Waals surface area contributed by atoms with E-state index in [9.17, 15) is 17.9 Å². The highest BCUT2D eigenvalue weighted by atomic mass is 32.2. The summed E-state index contributed by atoms with van der Waals surface area (Å²) < 4.78 is 39.8. The fraction of sp³-hybridized carbons (Fsp3) is 0.357. The molecular weight excluding hydrogens is 327 g/mol. The Labute approximate surface area is 132 Å². The maximum Gasteiger partial charge on any atom is 0.251 e. The van der Waals surface area contributed by atoms with E-state index in [1.807, 2.05) is 0 Å². The number of thiazole rings is 1. The van der Waals surface area contributed by atoms with Crippen LogP contribution < -0.4 is 4.72 Å². The molecular formula is C14H17FN2O3S2. The molecule has 0 radical (unpaired) electrons. The van der Waals surface area contributed by atoms with E-state index in [0.29, 0.717) is 10.6 Å². The molecule has 0 aliphatic rings. The SMILES string of the molecule is Cc1ncc(S(=O)(=O)NC(C)CC(O)c2ccc(F)cc2)s1. The largest absolute Gasteiger partial charge is 0.388 e. The van der Waals surface area contributed by atoms with Gasteiger partial charge in [-0.1, -0.05) is 12.1 Å². The number of rotatable bonds is 6. The van der Waals surface area contributed by atoms with E-state index in [0.717, 1.165) is 11.3 Å². The molecule has 0 spiro atoms. The van der Waals surface area contributed by atoms with E-state index in [2.05, 4.69) is 9.71 Å². The molecule has 2 rings (SSSR count). The number of hydrogen-bond acceptors (Lipinski definition) is 5. The van der Waals surface area contributed by atoms with Crippen LogP contribution in [0, 0.1) is 12.7 Å². The van der Waals surface area contributed by atoms with Gasteiger partial charge in [-0.3, -0.25) is 0 Å². The van der Waals surface area contributed by atoms with Gasteiger partial charge in [-0.15, -0.1) is 11.3 Å². The quantitative estimate of drug-likeness (QED) is 0.843. The number of hydrogen-bond donors (Lipinski definition) is 2. The lowest BCUT2D eigenvalue weighted by atomic mass is 10.0. The number of sulfonamides is 1. The van der Waals surface area contributed by atoms with Crippen molar-refractivity contribution in [2.24, 2.45) is 0 Å². The lowest BCUT2D eigenvalue weighted by Gasteiger charge is -2.17. The molecule has 22 heavy (non-hydrogen) atoms. The molecule has 8 heteroatoms. The van der Waals surface area contributed by atoms with Crippen LogP contribution in [-0.2, 0) is 10.0 Å². The summed E-state index contributed by atoms with van der Waals surface area (Å²) in [6, 6.07) is 5.00. The lowest BCUT2D eigenvalue weighted by Crippen LogP contribution is -2.33. The van der Waals surface area contributed by atoms with Crippen molar-refractivity contribution in [2.45, 2.75) is 36.6 Å². The summed E-state index contributed by atoms with van der Waals surface area (Å²) in [5, 5.41) is 10.8. The van der Waals surface area contributed by atoms with Crippen molar-refractivity contribution in [2.75, 3.05) is 0 Å². The average Bonchev–Trinajstić information content (AvgIpc) is 2.86. The molecule has 0 saturated carbocycles. The van der Waals surface area contributed by atoms with Crippen LogP contribution in [0.4, 0.5) is 4.39 Å². The normalized spacial score (nSPS) is 14.7. The van der Waals surface area contributed by atoms with Crippen LogP contribution in [-0.4, -0.2) is 24.6 Å². The zero-order valence-corrected chi connectivity index (χ0v) is 13.8. The molecule has 5 nitrogen and oxygen atoms in total. The van der Waals surface area contributed by atoms with E-state index < -0.39 is 22.2 Å². The fourth-order valence-corrected chi connectivity index (χ4v) is 4.37. The highest BCUT2D eigenvalue weighted by Gasteiger charge is 2.22. The van der Waals surface area contributed by atoms with Gasteiger partial charge < -0.3 is 5.11 Å². The molecule has 1 aromatic heterocycles. The van der Waals surface area contributed by atoms with Crippen LogP contribution in [0.5, 0.6) is 0 Å². The molecule has 1 heterocycles. The van der Waals surface area contributed by atoms with Crippen LogP contribution in [0.15, 0.2) is 34.7 Å². The van der Waals surface area contributed by atoms with Crippen LogP contribution in [0.2, 0.25) is 0 Å². The molecule has 2 N–H and O–H groups in total. The van der Waals surface area contributed by atoms with E-state index in [-0.39, 0.29) is 16.4 Å². The molecule has 0 bridgehead atoms. The predicted octanol–water partition coefficient (Wildman–Crippen LogP) is 2.38. The zero-order valence-electron chi connectivity index (χ0n) is 12.2. The Morgan fingerprint density at radius 1 is 1.36 bits per heavy atom. The summed E-state index contributed by atoms with van der Waals surface area (Å²) in [4.78, 5) is 3.92. The summed E-state index contributed by atoms with van der Waals surface area (Å²) in [6.07, 6.45) is 0.621. The van der Waals surface area contributed by atoms with Gasteiger partial charge in [-0.25, -0.2) is 22.5 Å². The number of aromatic nitrogens is 1. The summed E-state index contributed by atoms with van der Waals surface area (Å²) in [5.41, 5.74) is 0.543. The topological polar surface area (TPSA) is 79.3 Å². The first-order chi connectivity index (χ1) is 10.3. The highest BCUT2D eigenvalue weighted by Crippen LogP contribution is 2.21. The lowest BCUT2D eigenvalue weighted by molar-refractivity contribution is 0.158. The van der Waals surface area contributed by atoms with Crippen molar-refractivity contribution >= 4 is 21.4 Å². The first-order valence-electron chi connectivity index (χ1n) is 6.66. The first-order valence-corrected chi connectivity index (χ1v) is 8.96. The monoisotopic (exact) mass is 344 g/mol. The van der Waals surface area contributed by atoms with Crippen molar-refractivity contribution in [3.63, 3.8) is 0 Å². The second-order valence-electron chi connectivity index (χ2n) is 5.02. The van der Waals surface area contributed by atoms with E-state index in [1.165, 1.54) is 30.5 Å². The number of nitrogens with zero attached hydrogens (tertiary/aromatic N) is 1. The number of nitrogens with one attached hydrogen (secondary N) is 1. The minimum absolute atomic E-state index is 0.146. The van der Waals surface area contributed by atoms with E-state index in [1.54, 1.807) is 13.8 Å².